The highest BCUT2D eigenvalue weighted by molar-refractivity contribution is 5.85. The Morgan fingerprint density at radius 3 is 2.74 bits per heavy atom. The van der Waals surface area contributed by atoms with E-state index in [1.165, 1.54) is 11.6 Å². The topological polar surface area (TPSA) is 43.2 Å². The number of fused-ring (bicyclic) bond motifs is 1. The third-order valence-corrected chi connectivity index (χ3v) is 4.94. The van der Waals surface area contributed by atoms with Crippen LogP contribution in [0.5, 0.6) is 5.75 Å². The van der Waals surface area contributed by atoms with Crippen molar-refractivity contribution in [2.45, 2.75) is 39.0 Å². The molecule has 1 fully saturated rings. The van der Waals surface area contributed by atoms with Crippen molar-refractivity contribution in [3.63, 3.8) is 0 Å². The van der Waals surface area contributed by atoms with Gasteiger partial charge < -0.3 is 4.74 Å². The fraction of sp³-hybridized carbons (Fsp3) is 0.400. The van der Waals surface area contributed by atoms with E-state index >= 15 is 0 Å². The first-order chi connectivity index (χ1) is 12.7. The molecule has 1 saturated heterocycles. The van der Waals surface area contributed by atoms with E-state index in [9.17, 15) is 4.39 Å². The third-order valence-electron chi connectivity index (χ3n) is 4.94. The quantitative estimate of drug-likeness (QED) is 0.659. The van der Waals surface area contributed by atoms with Crippen LogP contribution in [0, 0.1) is 5.82 Å². The van der Waals surface area contributed by atoms with Gasteiger partial charge in [0, 0.05) is 55.7 Å². The van der Waals surface area contributed by atoms with E-state index in [1.54, 1.807) is 18.5 Å². The van der Waals surface area contributed by atoms with Gasteiger partial charge in [0.2, 0.25) is 0 Å². The SMILES string of the molecule is CCn1cc(CN2CCC(Oc3cc4ccncc4cc3F)CC2)cn1.Cl. The number of halogens is 2. The molecule has 1 aromatic carbocycles. The molecule has 3 aromatic rings. The summed E-state index contributed by atoms with van der Waals surface area (Å²) in [6.45, 7) is 5.78. The van der Waals surface area contributed by atoms with Gasteiger partial charge >= 0.3 is 0 Å². The Balaban J connectivity index is 0.00000210. The van der Waals surface area contributed by atoms with Gasteiger partial charge in [-0.3, -0.25) is 14.6 Å². The molecule has 0 aliphatic carbocycles. The van der Waals surface area contributed by atoms with E-state index in [-0.39, 0.29) is 24.3 Å². The molecule has 1 aliphatic rings. The Bertz CT molecular complexity index is 893. The van der Waals surface area contributed by atoms with Crippen LogP contribution in [0.15, 0.2) is 43.0 Å². The smallest absolute Gasteiger partial charge is 0.165 e. The van der Waals surface area contributed by atoms with E-state index in [1.807, 2.05) is 16.9 Å². The first-order valence-electron chi connectivity index (χ1n) is 9.15. The second kappa shape index (κ2) is 8.67. The molecule has 144 valence electrons. The van der Waals surface area contributed by atoms with Gasteiger partial charge in [-0.1, -0.05) is 0 Å². The zero-order valence-electron chi connectivity index (χ0n) is 15.3. The first kappa shape index (κ1) is 19.6. The van der Waals surface area contributed by atoms with Gasteiger partial charge in [0.15, 0.2) is 11.6 Å². The maximum Gasteiger partial charge on any atom is 0.165 e. The van der Waals surface area contributed by atoms with E-state index in [2.05, 4.69) is 28.1 Å². The number of aryl methyl sites for hydroxylation is 1. The molecule has 0 atom stereocenters. The fourth-order valence-corrected chi connectivity index (χ4v) is 3.46. The number of pyridine rings is 1. The predicted octanol–water partition coefficient (Wildman–Crippen LogP) is 4.06. The van der Waals surface area contributed by atoms with E-state index in [4.69, 9.17) is 4.74 Å². The molecule has 3 heterocycles. The summed E-state index contributed by atoms with van der Waals surface area (Å²) in [6.07, 6.45) is 9.27. The Morgan fingerprint density at radius 2 is 2.00 bits per heavy atom. The van der Waals surface area contributed by atoms with Crippen molar-refractivity contribution >= 4 is 23.2 Å². The van der Waals surface area contributed by atoms with Gasteiger partial charge in [-0.05, 0) is 43.4 Å². The lowest BCUT2D eigenvalue weighted by Gasteiger charge is -2.32. The van der Waals surface area contributed by atoms with E-state index in [0.717, 1.165) is 49.8 Å². The van der Waals surface area contributed by atoms with Crippen LogP contribution in [0.3, 0.4) is 0 Å². The molecule has 2 aromatic heterocycles. The average Bonchev–Trinajstić information content (AvgIpc) is 3.11. The summed E-state index contributed by atoms with van der Waals surface area (Å²) < 4.78 is 22.2. The molecular weight excluding hydrogens is 367 g/mol. The normalized spacial score (nSPS) is 15.6. The summed E-state index contributed by atoms with van der Waals surface area (Å²) in [5.74, 6) is 0.0197. The van der Waals surface area contributed by atoms with Crippen molar-refractivity contribution in [3.05, 3.63) is 54.4 Å². The molecule has 1 aliphatic heterocycles. The minimum absolute atomic E-state index is 0. The predicted molar refractivity (Wildman–Crippen MR) is 106 cm³/mol. The summed E-state index contributed by atoms with van der Waals surface area (Å²) in [5.41, 5.74) is 1.24. The van der Waals surface area contributed by atoms with Gasteiger partial charge in [0.25, 0.3) is 0 Å². The fourth-order valence-electron chi connectivity index (χ4n) is 3.46. The molecule has 0 N–H and O–H groups in total. The molecule has 5 nitrogen and oxygen atoms in total. The van der Waals surface area contributed by atoms with Crippen LogP contribution in [0.1, 0.15) is 25.3 Å². The van der Waals surface area contributed by atoms with Crippen molar-refractivity contribution in [2.75, 3.05) is 13.1 Å². The molecule has 4 rings (SSSR count). The number of likely N-dealkylation sites (tertiary alicyclic amines) is 1. The highest BCUT2D eigenvalue weighted by Gasteiger charge is 2.22. The van der Waals surface area contributed by atoms with Crippen LogP contribution in [0.4, 0.5) is 4.39 Å². The Labute approximate surface area is 164 Å². The van der Waals surface area contributed by atoms with Gasteiger partial charge in [0.05, 0.1) is 6.20 Å². The van der Waals surface area contributed by atoms with Crippen LogP contribution < -0.4 is 4.74 Å². The molecule has 0 radical (unpaired) electrons. The Hall–Kier alpha value is -2.18. The van der Waals surface area contributed by atoms with Crippen molar-refractivity contribution in [1.29, 1.82) is 0 Å². The van der Waals surface area contributed by atoms with Gasteiger partial charge in [-0.15, -0.1) is 12.4 Å². The molecule has 27 heavy (non-hydrogen) atoms. The van der Waals surface area contributed by atoms with Gasteiger partial charge in [-0.2, -0.15) is 5.10 Å². The molecule has 0 bridgehead atoms. The number of hydrogen-bond acceptors (Lipinski definition) is 4. The van der Waals surface area contributed by atoms with Gasteiger partial charge in [-0.25, -0.2) is 4.39 Å². The summed E-state index contributed by atoms with van der Waals surface area (Å²) >= 11 is 0. The second-order valence-electron chi connectivity index (χ2n) is 6.80. The highest BCUT2D eigenvalue weighted by Crippen LogP contribution is 2.27. The molecule has 0 unspecified atom stereocenters. The average molecular weight is 391 g/mol. The lowest BCUT2D eigenvalue weighted by Crippen LogP contribution is -2.37. The standard InChI is InChI=1S/C20H23FN4O.ClH/c1-2-25-14-15(11-23-25)13-24-7-4-18(5-8-24)26-20-10-16-3-6-22-12-17(16)9-19(20)21;/h3,6,9-12,14,18H,2,4-5,7-8,13H2,1H3;1H. The number of rotatable bonds is 5. The number of piperidine rings is 1. The minimum atomic E-state index is -0.320. The maximum absolute atomic E-state index is 14.3. The largest absolute Gasteiger partial charge is 0.487 e. The first-order valence-corrected chi connectivity index (χ1v) is 9.15. The molecule has 0 amide bonds. The highest BCUT2D eigenvalue weighted by atomic mass is 35.5. The van der Waals surface area contributed by atoms with Crippen LogP contribution in [0.2, 0.25) is 0 Å². The summed E-state index contributed by atoms with van der Waals surface area (Å²) in [6, 6.07) is 5.15. The van der Waals surface area contributed by atoms with Crippen molar-refractivity contribution in [1.82, 2.24) is 19.7 Å². The van der Waals surface area contributed by atoms with Crippen molar-refractivity contribution in [3.8, 4) is 5.75 Å². The summed E-state index contributed by atoms with van der Waals surface area (Å²) in [4.78, 5) is 6.43. The van der Waals surface area contributed by atoms with Crippen molar-refractivity contribution in [2.24, 2.45) is 0 Å². The lowest BCUT2D eigenvalue weighted by atomic mass is 10.1. The zero-order valence-corrected chi connectivity index (χ0v) is 16.2. The number of benzene rings is 1. The Morgan fingerprint density at radius 1 is 1.19 bits per heavy atom. The summed E-state index contributed by atoms with van der Waals surface area (Å²) in [5, 5.41) is 6.06. The number of aromatic nitrogens is 3. The second-order valence-corrected chi connectivity index (χ2v) is 6.80. The minimum Gasteiger partial charge on any atom is -0.487 e. The molecule has 0 spiro atoms. The Kier molecular flexibility index (Phi) is 6.29. The van der Waals surface area contributed by atoms with Gasteiger partial charge in [0.1, 0.15) is 6.10 Å². The van der Waals surface area contributed by atoms with Crippen LogP contribution in [0.25, 0.3) is 10.8 Å². The maximum atomic E-state index is 14.3. The van der Waals surface area contributed by atoms with Crippen LogP contribution in [-0.4, -0.2) is 38.9 Å². The van der Waals surface area contributed by atoms with Crippen molar-refractivity contribution < 1.29 is 9.13 Å². The van der Waals surface area contributed by atoms with Crippen LogP contribution >= 0.6 is 12.4 Å². The number of hydrogen-bond donors (Lipinski definition) is 0. The summed E-state index contributed by atoms with van der Waals surface area (Å²) in [7, 11) is 0. The van der Waals surface area contributed by atoms with E-state index < -0.39 is 0 Å². The zero-order chi connectivity index (χ0) is 17.9. The lowest BCUT2D eigenvalue weighted by molar-refractivity contribution is 0.0937. The molecular formula is C20H24ClFN4O. The monoisotopic (exact) mass is 390 g/mol. The molecule has 0 saturated carbocycles. The number of ether oxygens (including phenoxy) is 1. The van der Waals surface area contributed by atoms with E-state index in [0.29, 0.717) is 5.75 Å². The molecule has 7 heteroatoms. The third kappa shape index (κ3) is 4.57. The number of nitrogens with zero attached hydrogens (tertiary/aromatic N) is 4. The van der Waals surface area contributed by atoms with Crippen LogP contribution in [-0.2, 0) is 13.1 Å².